The fourth-order valence-corrected chi connectivity index (χ4v) is 5.34. The van der Waals surface area contributed by atoms with E-state index in [-0.39, 0.29) is 24.3 Å². The normalized spacial score (nSPS) is 22.0. The Balaban J connectivity index is 1.52. The zero-order chi connectivity index (χ0) is 20.2. The van der Waals surface area contributed by atoms with Crippen LogP contribution in [0.1, 0.15) is 44.1 Å². The molecule has 154 valence electrons. The summed E-state index contributed by atoms with van der Waals surface area (Å²) in [6.45, 7) is 0.566. The van der Waals surface area contributed by atoms with Crippen molar-refractivity contribution in [3.8, 4) is 0 Å². The van der Waals surface area contributed by atoms with Gasteiger partial charge in [0.05, 0.1) is 19.6 Å². The molecule has 0 spiro atoms. The van der Waals surface area contributed by atoms with Crippen molar-refractivity contribution in [2.75, 3.05) is 13.7 Å². The van der Waals surface area contributed by atoms with Gasteiger partial charge in [-0.25, -0.2) is 0 Å². The summed E-state index contributed by atoms with van der Waals surface area (Å²) < 4.78 is 4.78. The molecule has 29 heavy (non-hydrogen) atoms. The van der Waals surface area contributed by atoms with Crippen LogP contribution < -0.4 is 0 Å². The van der Waals surface area contributed by atoms with Crippen molar-refractivity contribution in [1.29, 1.82) is 0 Å². The van der Waals surface area contributed by atoms with E-state index in [0.29, 0.717) is 6.54 Å². The predicted molar refractivity (Wildman–Crippen MR) is 116 cm³/mol. The fourth-order valence-electron chi connectivity index (χ4n) is 4.12. The number of nitrogens with zero attached hydrogens (tertiary/aromatic N) is 2. The average Bonchev–Trinajstić information content (AvgIpc) is 3.28. The van der Waals surface area contributed by atoms with E-state index in [1.165, 1.54) is 49.1 Å². The lowest BCUT2D eigenvalue weighted by Gasteiger charge is -2.21. The molecule has 1 aliphatic carbocycles. The third-order valence-corrected chi connectivity index (χ3v) is 6.94. The third-order valence-electron chi connectivity index (χ3n) is 5.75. The molecule has 1 N–H and O–H groups in total. The quantitative estimate of drug-likeness (QED) is 0.729. The highest BCUT2D eigenvalue weighted by atomic mass is 32.2. The molecule has 1 amide bonds. The monoisotopic (exact) mass is 413 g/mol. The SMILES string of the molecule is COC(=O)C[C@@H]1SC(=NC2CCCCC2)N(CCc2c[nH]c3ccccc23)C1=O. The van der Waals surface area contributed by atoms with E-state index in [9.17, 15) is 9.59 Å². The molecular weight excluding hydrogens is 386 g/mol. The highest BCUT2D eigenvalue weighted by Gasteiger charge is 2.39. The van der Waals surface area contributed by atoms with E-state index in [1.807, 2.05) is 18.3 Å². The van der Waals surface area contributed by atoms with Gasteiger partial charge >= 0.3 is 5.97 Å². The van der Waals surface area contributed by atoms with Gasteiger partial charge in [-0.15, -0.1) is 0 Å². The summed E-state index contributed by atoms with van der Waals surface area (Å²) in [4.78, 5) is 34.8. The van der Waals surface area contributed by atoms with Gasteiger partial charge in [-0.1, -0.05) is 49.2 Å². The number of methoxy groups -OCH3 is 1. The van der Waals surface area contributed by atoms with Crippen molar-refractivity contribution in [2.45, 2.75) is 56.2 Å². The number of carbonyl (C=O) groups is 2. The van der Waals surface area contributed by atoms with Gasteiger partial charge in [-0.05, 0) is 30.9 Å². The second-order valence-electron chi connectivity index (χ2n) is 7.69. The number of fused-ring (bicyclic) bond motifs is 1. The van der Waals surface area contributed by atoms with Gasteiger partial charge < -0.3 is 9.72 Å². The molecule has 0 radical (unpaired) electrons. The van der Waals surface area contributed by atoms with Gasteiger partial charge in [-0.3, -0.25) is 19.5 Å². The minimum absolute atomic E-state index is 0.0326. The molecule has 0 unspecified atom stereocenters. The van der Waals surface area contributed by atoms with E-state index in [2.05, 4.69) is 17.1 Å². The van der Waals surface area contributed by atoms with Crippen molar-refractivity contribution >= 4 is 39.7 Å². The number of hydrogen-bond donors (Lipinski definition) is 1. The smallest absolute Gasteiger partial charge is 0.307 e. The number of amidine groups is 1. The van der Waals surface area contributed by atoms with Crippen LogP contribution >= 0.6 is 11.8 Å². The molecule has 2 aliphatic rings. The van der Waals surface area contributed by atoms with Crippen LogP contribution in [-0.4, -0.2) is 51.9 Å². The number of hydrogen-bond acceptors (Lipinski definition) is 5. The standard InChI is InChI=1S/C22H27N3O3S/c1-28-20(26)13-19-21(27)25(22(29-19)24-16-7-3-2-4-8-16)12-11-15-14-23-18-10-6-5-9-17(15)18/h5-6,9-10,14,16,19,23H,2-4,7-8,11-13H2,1H3/t19-/m0/s1. The highest BCUT2D eigenvalue weighted by molar-refractivity contribution is 8.15. The summed E-state index contributed by atoms with van der Waals surface area (Å²) in [5.41, 5.74) is 2.29. The molecule has 1 saturated carbocycles. The number of H-pyrrole nitrogens is 1. The summed E-state index contributed by atoms with van der Waals surface area (Å²) in [6.07, 6.45) is 8.66. The first-order valence-electron chi connectivity index (χ1n) is 10.3. The molecule has 1 aromatic heterocycles. The molecule has 2 fully saturated rings. The van der Waals surface area contributed by atoms with Crippen LogP contribution in [0.5, 0.6) is 0 Å². The maximum Gasteiger partial charge on any atom is 0.307 e. The fraction of sp³-hybridized carbons (Fsp3) is 0.500. The minimum atomic E-state index is -0.437. The first kappa shape index (κ1) is 20.0. The number of esters is 1. The molecule has 6 nitrogen and oxygen atoms in total. The van der Waals surface area contributed by atoms with Crippen molar-refractivity contribution < 1.29 is 14.3 Å². The number of ether oxygens (including phenoxy) is 1. The van der Waals surface area contributed by atoms with E-state index in [4.69, 9.17) is 9.73 Å². The second kappa shape index (κ2) is 9.03. The average molecular weight is 414 g/mol. The Morgan fingerprint density at radius 2 is 2.07 bits per heavy atom. The Morgan fingerprint density at radius 1 is 1.28 bits per heavy atom. The number of carbonyl (C=O) groups excluding carboxylic acids is 2. The summed E-state index contributed by atoms with van der Waals surface area (Å²) >= 11 is 1.42. The molecule has 1 saturated heterocycles. The first-order chi connectivity index (χ1) is 14.2. The molecular formula is C22H27N3O3S. The van der Waals surface area contributed by atoms with Gasteiger partial charge in [0.2, 0.25) is 5.91 Å². The topological polar surface area (TPSA) is 74.8 Å². The molecule has 1 aromatic carbocycles. The summed E-state index contributed by atoms with van der Waals surface area (Å²) in [7, 11) is 1.36. The van der Waals surface area contributed by atoms with Gasteiger partial charge in [-0.2, -0.15) is 0 Å². The molecule has 1 aliphatic heterocycles. The number of aromatic nitrogens is 1. The van der Waals surface area contributed by atoms with E-state index < -0.39 is 5.25 Å². The van der Waals surface area contributed by atoms with Crippen molar-refractivity contribution in [1.82, 2.24) is 9.88 Å². The van der Waals surface area contributed by atoms with E-state index in [1.54, 1.807) is 4.90 Å². The Hall–Kier alpha value is -2.28. The first-order valence-corrected chi connectivity index (χ1v) is 11.2. The van der Waals surface area contributed by atoms with E-state index in [0.717, 1.165) is 29.9 Å². The molecule has 2 heterocycles. The van der Waals surface area contributed by atoms with Crippen LogP contribution in [-0.2, 0) is 20.7 Å². The zero-order valence-corrected chi connectivity index (χ0v) is 17.5. The maximum absolute atomic E-state index is 13.0. The number of thioether (sulfide) groups is 1. The number of benzene rings is 1. The minimum Gasteiger partial charge on any atom is -0.469 e. The lowest BCUT2D eigenvalue weighted by molar-refractivity contribution is -0.142. The Kier molecular flexibility index (Phi) is 6.23. The molecule has 7 heteroatoms. The number of aromatic amines is 1. The number of amides is 1. The van der Waals surface area contributed by atoms with Crippen LogP contribution in [0.4, 0.5) is 0 Å². The maximum atomic E-state index is 13.0. The Bertz CT molecular complexity index is 917. The molecule has 4 rings (SSSR count). The third kappa shape index (κ3) is 4.50. The Labute approximate surface area is 175 Å². The Morgan fingerprint density at radius 3 is 2.86 bits per heavy atom. The van der Waals surface area contributed by atoms with Gasteiger partial charge in [0.25, 0.3) is 0 Å². The number of rotatable bonds is 6. The van der Waals surface area contributed by atoms with Crippen LogP contribution in [0.25, 0.3) is 10.9 Å². The van der Waals surface area contributed by atoms with Gasteiger partial charge in [0, 0.05) is 23.6 Å². The predicted octanol–water partition coefficient (Wildman–Crippen LogP) is 3.91. The van der Waals surface area contributed by atoms with Crippen molar-refractivity contribution in [3.63, 3.8) is 0 Å². The lowest BCUT2D eigenvalue weighted by Crippen LogP contribution is -2.35. The van der Waals surface area contributed by atoms with Gasteiger partial charge in [0.1, 0.15) is 5.25 Å². The van der Waals surface area contributed by atoms with Crippen LogP contribution in [0.3, 0.4) is 0 Å². The lowest BCUT2D eigenvalue weighted by atomic mass is 9.96. The number of para-hydroxylation sites is 1. The van der Waals surface area contributed by atoms with Crippen molar-refractivity contribution in [3.05, 3.63) is 36.0 Å². The molecule has 2 aromatic rings. The molecule has 1 atom stereocenters. The summed E-state index contributed by atoms with van der Waals surface area (Å²) in [5.74, 6) is -0.388. The van der Waals surface area contributed by atoms with Crippen molar-refractivity contribution in [2.24, 2.45) is 4.99 Å². The van der Waals surface area contributed by atoms with Gasteiger partial charge in [0.15, 0.2) is 5.17 Å². The van der Waals surface area contributed by atoms with E-state index >= 15 is 0 Å². The summed E-state index contributed by atoms with van der Waals surface area (Å²) in [5, 5.41) is 1.52. The number of nitrogens with one attached hydrogen (secondary N) is 1. The summed E-state index contributed by atoms with van der Waals surface area (Å²) in [6, 6.07) is 8.47. The molecule has 0 bridgehead atoms. The number of aliphatic imine (C=N–C) groups is 1. The van der Waals surface area contributed by atoms with Crippen LogP contribution in [0.2, 0.25) is 0 Å². The van der Waals surface area contributed by atoms with Crippen LogP contribution in [0, 0.1) is 0 Å². The second-order valence-corrected chi connectivity index (χ2v) is 8.86. The largest absolute Gasteiger partial charge is 0.469 e. The zero-order valence-electron chi connectivity index (χ0n) is 16.7. The van der Waals surface area contributed by atoms with Crippen LogP contribution in [0.15, 0.2) is 35.5 Å². The highest BCUT2D eigenvalue weighted by Crippen LogP contribution is 2.32.